The monoisotopic (exact) mass is 251 g/mol. The Labute approximate surface area is 107 Å². The molecule has 0 radical (unpaired) electrons. The zero-order chi connectivity index (χ0) is 13.1. The fraction of sp³-hybridized carbons (Fsp3) is 0.750. The van der Waals surface area contributed by atoms with Crippen LogP contribution in [0.4, 0.5) is 0 Å². The molecule has 1 atom stereocenters. The number of hydrogen-bond donors (Lipinski definition) is 1. The molecule has 2 rings (SSSR count). The van der Waals surface area contributed by atoms with Gasteiger partial charge in [-0.1, -0.05) is 13.8 Å². The van der Waals surface area contributed by atoms with E-state index in [-0.39, 0.29) is 11.9 Å². The number of rotatable bonds is 4. The van der Waals surface area contributed by atoms with Gasteiger partial charge in [0.05, 0.1) is 12.6 Å². The van der Waals surface area contributed by atoms with Gasteiger partial charge in [0.1, 0.15) is 6.33 Å². The SMILES string of the molecule is CC(C)NC1CCCN(Cc2ncn(C)n2)C1=O. The van der Waals surface area contributed by atoms with E-state index in [1.165, 1.54) is 0 Å². The van der Waals surface area contributed by atoms with Crippen LogP contribution in [0.3, 0.4) is 0 Å². The first-order chi connectivity index (χ1) is 8.56. The summed E-state index contributed by atoms with van der Waals surface area (Å²) in [4.78, 5) is 18.3. The summed E-state index contributed by atoms with van der Waals surface area (Å²) in [5.41, 5.74) is 0. The van der Waals surface area contributed by atoms with Crippen molar-refractivity contribution < 1.29 is 4.79 Å². The van der Waals surface area contributed by atoms with Crippen molar-refractivity contribution in [1.29, 1.82) is 0 Å². The number of nitrogens with one attached hydrogen (secondary N) is 1. The molecule has 0 aliphatic carbocycles. The van der Waals surface area contributed by atoms with Gasteiger partial charge in [-0.25, -0.2) is 4.98 Å². The van der Waals surface area contributed by atoms with Crippen molar-refractivity contribution in [3.8, 4) is 0 Å². The molecule has 1 aromatic rings. The molecule has 0 saturated carbocycles. The first-order valence-electron chi connectivity index (χ1n) is 6.45. The zero-order valence-corrected chi connectivity index (χ0v) is 11.3. The highest BCUT2D eigenvalue weighted by Crippen LogP contribution is 2.14. The molecular formula is C12H21N5O. The predicted molar refractivity (Wildman–Crippen MR) is 67.7 cm³/mol. The normalized spacial score (nSPS) is 20.8. The maximum absolute atomic E-state index is 12.3. The van der Waals surface area contributed by atoms with Gasteiger partial charge < -0.3 is 10.2 Å². The second-order valence-electron chi connectivity index (χ2n) is 5.11. The fourth-order valence-electron chi connectivity index (χ4n) is 2.28. The van der Waals surface area contributed by atoms with Crippen LogP contribution in [0.5, 0.6) is 0 Å². The minimum Gasteiger partial charge on any atom is -0.334 e. The largest absolute Gasteiger partial charge is 0.334 e. The third-order valence-electron chi connectivity index (χ3n) is 3.04. The molecule has 1 fully saturated rings. The average Bonchev–Trinajstić information content (AvgIpc) is 2.69. The number of aromatic nitrogens is 3. The van der Waals surface area contributed by atoms with Crippen molar-refractivity contribution in [1.82, 2.24) is 25.0 Å². The Morgan fingerprint density at radius 3 is 2.94 bits per heavy atom. The van der Waals surface area contributed by atoms with Crippen LogP contribution in [0, 0.1) is 0 Å². The Hall–Kier alpha value is -1.43. The Balaban J connectivity index is 1.98. The average molecular weight is 251 g/mol. The maximum Gasteiger partial charge on any atom is 0.240 e. The van der Waals surface area contributed by atoms with E-state index < -0.39 is 0 Å². The number of aryl methyl sites for hydroxylation is 1. The predicted octanol–water partition coefficient (Wildman–Crippen LogP) is 0.304. The van der Waals surface area contributed by atoms with Gasteiger partial charge in [0, 0.05) is 19.6 Å². The van der Waals surface area contributed by atoms with E-state index in [2.05, 4.69) is 29.2 Å². The Morgan fingerprint density at radius 2 is 2.33 bits per heavy atom. The topological polar surface area (TPSA) is 63.1 Å². The summed E-state index contributed by atoms with van der Waals surface area (Å²) in [6.07, 6.45) is 3.61. The van der Waals surface area contributed by atoms with Crippen LogP contribution in [0.1, 0.15) is 32.5 Å². The lowest BCUT2D eigenvalue weighted by Gasteiger charge is -2.33. The van der Waals surface area contributed by atoms with Gasteiger partial charge in [-0.05, 0) is 12.8 Å². The molecule has 1 aliphatic heterocycles. The first-order valence-corrected chi connectivity index (χ1v) is 6.45. The van der Waals surface area contributed by atoms with Crippen LogP contribution in [0.15, 0.2) is 6.33 Å². The van der Waals surface area contributed by atoms with E-state index in [9.17, 15) is 4.79 Å². The minimum absolute atomic E-state index is 0.0533. The Kier molecular flexibility index (Phi) is 3.96. The molecule has 1 saturated heterocycles. The van der Waals surface area contributed by atoms with E-state index in [0.29, 0.717) is 18.4 Å². The number of carbonyl (C=O) groups excluding carboxylic acids is 1. The highest BCUT2D eigenvalue weighted by molar-refractivity contribution is 5.82. The number of carbonyl (C=O) groups is 1. The lowest BCUT2D eigenvalue weighted by atomic mass is 10.0. The van der Waals surface area contributed by atoms with E-state index >= 15 is 0 Å². The first kappa shape index (κ1) is 13.0. The molecule has 1 aliphatic rings. The van der Waals surface area contributed by atoms with Crippen LogP contribution in [-0.2, 0) is 18.4 Å². The molecular weight excluding hydrogens is 230 g/mol. The summed E-state index contributed by atoms with van der Waals surface area (Å²) in [6, 6.07) is 0.273. The lowest BCUT2D eigenvalue weighted by Crippen LogP contribution is -2.52. The van der Waals surface area contributed by atoms with Gasteiger partial charge in [-0.3, -0.25) is 9.48 Å². The molecule has 0 aromatic carbocycles. The smallest absolute Gasteiger partial charge is 0.240 e. The minimum atomic E-state index is -0.0533. The van der Waals surface area contributed by atoms with Crippen molar-refractivity contribution in [2.75, 3.05) is 6.54 Å². The number of amides is 1. The summed E-state index contributed by atoms with van der Waals surface area (Å²) in [7, 11) is 1.83. The van der Waals surface area contributed by atoms with Crippen molar-refractivity contribution >= 4 is 5.91 Å². The van der Waals surface area contributed by atoms with Crippen LogP contribution in [0.2, 0.25) is 0 Å². The van der Waals surface area contributed by atoms with Gasteiger partial charge in [-0.2, -0.15) is 5.10 Å². The molecule has 6 nitrogen and oxygen atoms in total. The van der Waals surface area contributed by atoms with E-state index in [4.69, 9.17) is 0 Å². The van der Waals surface area contributed by atoms with Gasteiger partial charge in [-0.15, -0.1) is 0 Å². The standard InChI is InChI=1S/C12H21N5O/c1-9(2)14-10-5-4-6-17(12(10)18)7-11-13-8-16(3)15-11/h8-10,14H,4-7H2,1-3H3. The molecule has 1 N–H and O–H groups in total. The summed E-state index contributed by atoms with van der Waals surface area (Å²) in [6.45, 7) is 5.43. The maximum atomic E-state index is 12.3. The second kappa shape index (κ2) is 5.48. The number of nitrogens with zero attached hydrogens (tertiary/aromatic N) is 4. The quantitative estimate of drug-likeness (QED) is 0.836. The van der Waals surface area contributed by atoms with E-state index in [1.807, 2.05) is 11.9 Å². The Morgan fingerprint density at radius 1 is 1.56 bits per heavy atom. The summed E-state index contributed by atoms with van der Waals surface area (Å²) < 4.78 is 1.66. The summed E-state index contributed by atoms with van der Waals surface area (Å²) >= 11 is 0. The summed E-state index contributed by atoms with van der Waals surface area (Å²) in [5.74, 6) is 0.874. The highest BCUT2D eigenvalue weighted by Gasteiger charge is 2.29. The van der Waals surface area contributed by atoms with Gasteiger partial charge in [0.25, 0.3) is 0 Å². The molecule has 1 unspecified atom stereocenters. The van der Waals surface area contributed by atoms with Crippen molar-refractivity contribution in [2.24, 2.45) is 7.05 Å². The van der Waals surface area contributed by atoms with Crippen molar-refractivity contribution in [3.05, 3.63) is 12.2 Å². The van der Waals surface area contributed by atoms with Crippen molar-refractivity contribution in [2.45, 2.75) is 45.3 Å². The lowest BCUT2D eigenvalue weighted by molar-refractivity contribution is -0.136. The van der Waals surface area contributed by atoms with Gasteiger partial charge in [0.15, 0.2) is 5.82 Å². The van der Waals surface area contributed by atoms with Crippen LogP contribution >= 0.6 is 0 Å². The number of piperidine rings is 1. The molecule has 6 heteroatoms. The van der Waals surface area contributed by atoms with Gasteiger partial charge in [0.2, 0.25) is 5.91 Å². The molecule has 0 spiro atoms. The third kappa shape index (κ3) is 3.07. The number of likely N-dealkylation sites (tertiary alicyclic amines) is 1. The molecule has 100 valence electrons. The van der Waals surface area contributed by atoms with Gasteiger partial charge >= 0.3 is 0 Å². The highest BCUT2D eigenvalue weighted by atomic mass is 16.2. The van der Waals surface area contributed by atoms with Crippen molar-refractivity contribution in [3.63, 3.8) is 0 Å². The van der Waals surface area contributed by atoms with E-state index in [1.54, 1.807) is 11.0 Å². The van der Waals surface area contributed by atoms with Crippen LogP contribution < -0.4 is 5.32 Å². The van der Waals surface area contributed by atoms with Crippen LogP contribution in [0.25, 0.3) is 0 Å². The zero-order valence-electron chi connectivity index (χ0n) is 11.3. The fourth-order valence-corrected chi connectivity index (χ4v) is 2.28. The molecule has 0 bridgehead atoms. The molecule has 2 heterocycles. The molecule has 1 aromatic heterocycles. The van der Waals surface area contributed by atoms with E-state index in [0.717, 1.165) is 19.4 Å². The summed E-state index contributed by atoms with van der Waals surface area (Å²) in [5, 5.41) is 7.53. The van der Waals surface area contributed by atoms with Crippen LogP contribution in [-0.4, -0.2) is 44.2 Å². The molecule has 1 amide bonds. The third-order valence-corrected chi connectivity index (χ3v) is 3.04. The second-order valence-corrected chi connectivity index (χ2v) is 5.11. The number of hydrogen-bond acceptors (Lipinski definition) is 4. The Bertz CT molecular complexity index is 414. The molecule has 18 heavy (non-hydrogen) atoms.